The molecule has 0 aliphatic carbocycles. The molecule has 0 fully saturated rings. The second kappa shape index (κ2) is 6.30. The third-order valence-corrected chi connectivity index (χ3v) is 4.32. The molecule has 0 aliphatic rings. The molecule has 1 N–H and O–H groups in total. The van der Waals surface area contributed by atoms with Crippen LogP contribution in [0.15, 0.2) is 45.6 Å². The molecule has 24 heavy (non-hydrogen) atoms. The van der Waals surface area contributed by atoms with Gasteiger partial charge in [-0.05, 0) is 49.2 Å². The standard InChI is InChI=1S/C18H13Cl2NO3/c1-9-3-4-11(19)6-14(9)21-18(23)17-8-15(22)12-7-13(20)10(2)5-16(12)24-17/h3-8H,1-2H3,(H,21,23). The molecule has 0 aliphatic heterocycles. The van der Waals surface area contributed by atoms with Crippen molar-refractivity contribution in [3.05, 3.63) is 73.6 Å². The summed E-state index contributed by atoms with van der Waals surface area (Å²) in [5, 5.41) is 4.01. The van der Waals surface area contributed by atoms with Crippen LogP contribution in [0.2, 0.25) is 10.0 Å². The lowest BCUT2D eigenvalue weighted by molar-refractivity contribution is 0.0997. The number of benzene rings is 2. The molecule has 122 valence electrons. The second-order valence-corrected chi connectivity index (χ2v) is 6.33. The first-order valence-electron chi connectivity index (χ1n) is 7.16. The minimum atomic E-state index is -0.521. The van der Waals surface area contributed by atoms with E-state index in [1.165, 1.54) is 0 Å². The maximum atomic E-state index is 12.4. The van der Waals surface area contributed by atoms with Crippen molar-refractivity contribution < 1.29 is 9.21 Å². The number of hydrogen-bond donors (Lipinski definition) is 1. The molecular formula is C18H13Cl2NO3. The predicted molar refractivity (Wildman–Crippen MR) is 96.4 cm³/mol. The van der Waals surface area contributed by atoms with Gasteiger partial charge in [0.05, 0.1) is 5.39 Å². The highest BCUT2D eigenvalue weighted by atomic mass is 35.5. The molecule has 0 saturated carbocycles. The van der Waals surface area contributed by atoms with Gasteiger partial charge in [0.1, 0.15) is 5.58 Å². The molecule has 4 nitrogen and oxygen atoms in total. The van der Waals surface area contributed by atoms with Crippen molar-refractivity contribution in [3.63, 3.8) is 0 Å². The van der Waals surface area contributed by atoms with E-state index in [1.807, 2.05) is 6.92 Å². The highest BCUT2D eigenvalue weighted by Gasteiger charge is 2.14. The van der Waals surface area contributed by atoms with Gasteiger partial charge < -0.3 is 9.73 Å². The molecular weight excluding hydrogens is 349 g/mol. The van der Waals surface area contributed by atoms with Gasteiger partial charge in [-0.15, -0.1) is 0 Å². The number of hydrogen-bond acceptors (Lipinski definition) is 3. The van der Waals surface area contributed by atoms with E-state index in [0.717, 1.165) is 17.2 Å². The van der Waals surface area contributed by atoms with Gasteiger partial charge in [-0.2, -0.15) is 0 Å². The first-order valence-corrected chi connectivity index (χ1v) is 7.92. The van der Waals surface area contributed by atoms with Gasteiger partial charge in [-0.1, -0.05) is 29.3 Å². The number of anilines is 1. The average Bonchev–Trinajstić information content (AvgIpc) is 2.52. The van der Waals surface area contributed by atoms with Gasteiger partial charge in [-0.25, -0.2) is 0 Å². The lowest BCUT2D eigenvalue weighted by Gasteiger charge is -2.09. The monoisotopic (exact) mass is 361 g/mol. The van der Waals surface area contributed by atoms with Crippen molar-refractivity contribution in [1.82, 2.24) is 0 Å². The molecule has 1 amide bonds. The zero-order valence-electron chi connectivity index (χ0n) is 12.9. The zero-order valence-corrected chi connectivity index (χ0v) is 14.5. The zero-order chi connectivity index (χ0) is 17.4. The quantitative estimate of drug-likeness (QED) is 0.700. The van der Waals surface area contributed by atoms with Crippen LogP contribution in [-0.2, 0) is 0 Å². The number of aryl methyl sites for hydroxylation is 2. The summed E-state index contributed by atoms with van der Waals surface area (Å²) in [6, 6.07) is 9.50. The molecule has 0 saturated heterocycles. The van der Waals surface area contributed by atoms with Gasteiger partial charge in [0.15, 0.2) is 11.2 Å². The third-order valence-electron chi connectivity index (χ3n) is 3.68. The predicted octanol–water partition coefficient (Wildman–Crippen LogP) is 4.97. The topological polar surface area (TPSA) is 59.3 Å². The van der Waals surface area contributed by atoms with Crippen LogP contribution in [0.1, 0.15) is 21.7 Å². The molecule has 3 aromatic rings. The molecule has 3 rings (SSSR count). The van der Waals surface area contributed by atoms with E-state index in [9.17, 15) is 9.59 Å². The number of carbonyl (C=O) groups is 1. The Kier molecular flexibility index (Phi) is 4.35. The van der Waals surface area contributed by atoms with E-state index in [4.69, 9.17) is 27.6 Å². The molecule has 0 spiro atoms. The fourth-order valence-electron chi connectivity index (χ4n) is 2.30. The average molecular weight is 362 g/mol. The fraction of sp³-hybridized carbons (Fsp3) is 0.111. The molecule has 6 heteroatoms. The summed E-state index contributed by atoms with van der Waals surface area (Å²) in [6.45, 7) is 3.64. The molecule has 0 unspecified atom stereocenters. The third kappa shape index (κ3) is 3.16. The summed E-state index contributed by atoms with van der Waals surface area (Å²) in [4.78, 5) is 24.6. The van der Waals surface area contributed by atoms with E-state index in [0.29, 0.717) is 26.7 Å². The van der Waals surface area contributed by atoms with E-state index in [1.54, 1.807) is 37.3 Å². The van der Waals surface area contributed by atoms with Crippen LogP contribution in [0, 0.1) is 13.8 Å². The smallest absolute Gasteiger partial charge is 0.291 e. The van der Waals surface area contributed by atoms with Crippen LogP contribution in [0.5, 0.6) is 0 Å². The highest BCUT2D eigenvalue weighted by molar-refractivity contribution is 6.32. The van der Waals surface area contributed by atoms with E-state index < -0.39 is 5.91 Å². The van der Waals surface area contributed by atoms with E-state index in [2.05, 4.69) is 5.32 Å². The van der Waals surface area contributed by atoms with Gasteiger partial charge in [0, 0.05) is 21.8 Å². The number of fused-ring (bicyclic) bond motifs is 1. The van der Waals surface area contributed by atoms with Gasteiger partial charge >= 0.3 is 0 Å². The Morgan fingerprint density at radius 2 is 1.79 bits per heavy atom. The summed E-state index contributed by atoms with van der Waals surface area (Å²) in [5.41, 5.74) is 2.15. The van der Waals surface area contributed by atoms with Crippen molar-refractivity contribution in [2.24, 2.45) is 0 Å². The van der Waals surface area contributed by atoms with Crippen molar-refractivity contribution in [2.75, 3.05) is 5.32 Å². The minimum Gasteiger partial charge on any atom is -0.451 e. The number of nitrogens with one attached hydrogen (secondary N) is 1. The lowest BCUT2D eigenvalue weighted by atomic mass is 10.1. The van der Waals surface area contributed by atoms with Crippen molar-refractivity contribution in [1.29, 1.82) is 0 Å². The fourth-order valence-corrected chi connectivity index (χ4v) is 2.64. The van der Waals surface area contributed by atoms with Gasteiger partial charge in [-0.3, -0.25) is 9.59 Å². The minimum absolute atomic E-state index is 0.0754. The van der Waals surface area contributed by atoms with E-state index >= 15 is 0 Å². The molecule has 1 aromatic heterocycles. The first-order chi connectivity index (χ1) is 11.3. The van der Waals surface area contributed by atoms with E-state index in [-0.39, 0.29) is 11.2 Å². The Morgan fingerprint density at radius 3 is 2.54 bits per heavy atom. The van der Waals surface area contributed by atoms with Crippen LogP contribution in [0.3, 0.4) is 0 Å². The van der Waals surface area contributed by atoms with Gasteiger partial charge in [0.25, 0.3) is 5.91 Å². The first kappa shape index (κ1) is 16.6. The Balaban J connectivity index is 2.03. The number of carbonyl (C=O) groups excluding carboxylic acids is 1. The molecule has 2 aromatic carbocycles. The maximum absolute atomic E-state index is 12.4. The number of halogens is 2. The Morgan fingerprint density at radius 1 is 1.04 bits per heavy atom. The van der Waals surface area contributed by atoms with Crippen molar-refractivity contribution in [3.8, 4) is 0 Å². The summed E-state index contributed by atoms with van der Waals surface area (Å²) in [6.07, 6.45) is 0. The Labute approximate surface area is 148 Å². The lowest BCUT2D eigenvalue weighted by Crippen LogP contribution is -2.15. The van der Waals surface area contributed by atoms with Crippen LogP contribution in [0.25, 0.3) is 11.0 Å². The van der Waals surface area contributed by atoms with Crippen molar-refractivity contribution in [2.45, 2.75) is 13.8 Å². The van der Waals surface area contributed by atoms with Crippen molar-refractivity contribution >= 4 is 45.8 Å². The summed E-state index contributed by atoms with van der Waals surface area (Å²) in [5.74, 6) is -0.597. The largest absolute Gasteiger partial charge is 0.451 e. The van der Waals surface area contributed by atoms with Crippen LogP contribution < -0.4 is 10.7 Å². The van der Waals surface area contributed by atoms with Crippen LogP contribution >= 0.6 is 23.2 Å². The normalized spacial score (nSPS) is 10.8. The number of rotatable bonds is 2. The molecule has 0 atom stereocenters. The van der Waals surface area contributed by atoms with Crippen LogP contribution in [-0.4, -0.2) is 5.91 Å². The number of amides is 1. The SMILES string of the molecule is Cc1cc2oc(C(=O)Nc3cc(Cl)ccc3C)cc(=O)c2cc1Cl. The maximum Gasteiger partial charge on any atom is 0.291 e. The summed E-state index contributed by atoms with van der Waals surface area (Å²) >= 11 is 12.0. The molecule has 0 bridgehead atoms. The molecule has 1 heterocycles. The highest BCUT2D eigenvalue weighted by Crippen LogP contribution is 2.24. The van der Waals surface area contributed by atoms with Crippen LogP contribution in [0.4, 0.5) is 5.69 Å². The molecule has 0 radical (unpaired) electrons. The Bertz CT molecular complexity index is 1020. The Hall–Kier alpha value is -2.30. The van der Waals surface area contributed by atoms with Gasteiger partial charge in [0.2, 0.25) is 0 Å². The summed E-state index contributed by atoms with van der Waals surface area (Å²) in [7, 11) is 0. The summed E-state index contributed by atoms with van der Waals surface area (Å²) < 4.78 is 5.58. The second-order valence-electron chi connectivity index (χ2n) is 5.49.